The first-order chi connectivity index (χ1) is 13.7. The van der Waals surface area contributed by atoms with Crippen LogP contribution >= 0.6 is 0 Å². The number of rotatable bonds is 7. The normalized spacial score (nSPS) is 15.9. The molecule has 3 N–H and O–H groups in total. The van der Waals surface area contributed by atoms with Crippen molar-refractivity contribution in [2.75, 3.05) is 26.2 Å². The number of carbonyl (C=O) groups is 1. The number of amides is 1. The maximum atomic E-state index is 12.0. The molecule has 1 aliphatic rings. The number of fused-ring (bicyclic) bond motifs is 1. The van der Waals surface area contributed by atoms with Gasteiger partial charge >= 0.3 is 0 Å². The SMILES string of the molecule is O=C(NCCCO)c1cn(C2CCN(Cc3cc4ccccc4[nH]3)CC2)nn1. The van der Waals surface area contributed by atoms with Gasteiger partial charge in [-0.15, -0.1) is 5.10 Å². The van der Waals surface area contributed by atoms with E-state index in [2.05, 4.69) is 49.8 Å². The molecule has 148 valence electrons. The standard InChI is InChI=1S/C20H26N6O2/c27-11-3-8-21-20(28)19-14-26(24-23-19)17-6-9-25(10-7-17)13-16-12-15-4-1-2-5-18(15)22-16/h1-2,4-5,12,14,17,22,27H,3,6-11,13H2,(H,21,28). The molecule has 0 unspecified atom stereocenters. The topological polar surface area (TPSA) is 99.1 Å². The summed E-state index contributed by atoms with van der Waals surface area (Å²) in [5.74, 6) is -0.240. The number of carbonyl (C=O) groups excluding carboxylic acids is 1. The van der Waals surface area contributed by atoms with Crippen LogP contribution in [0, 0.1) is 0 Å². The van der Waals surface area contributed by atoms with E-state index in [0.717, 1.165) is 32.5 Å². The van der Waals surface area contributed by atoms with E-state index in [-0.39, 0.29) is 18.6 Å². The third-order valence-corrected chi connectivity index (χ3v) is 5.27. The predicted octanol–water partition coefficient (Wildman–Crippen LogP) is 1.71. The molecular formula is C20H26N6O2. The molecular weight excluding hydrogens is 356 g/mol. The second-order valence-electron chi connectivity index (χ2n) is 7.31. The van der Waals surface area contributed by atoms with Crippen molar-refractivity contribution in [1.29, 1.82) is 0 Å². The van der Waals surface area contributed by atoms with Crippen LogP contribution < -0.4 is 5.32 Å². The summed E-state index contributed by atoms with van der Waals surface area (Å²) in [6.45, 7) is 3.38. The number of piperidine rings is 1. The van der Waals surface area contributed by atoms with Crippen molar-refractivity contribution in [3.8, 4) is 0 Å². The van der Waals surface area contributed by atoms with Crippen molar-refractivity contribution in [2.45, 2.75) is 31.8 Å². The van der Waals surface area contributed by atoms with Gasteiger partial charge in [0.15, 0.2) is 5.69 Å². The van der Waals surface area contributed by atoms with Gasteiger partial charge in [0.25, 0.3) is 5.91 Å². The second kappa shape index (κ2) is 8.53. The second-order valence-corrected chi connectivity index (χ2v) is 7.31. The highest BCUT2D eigenvalue weighted by molar-refractivity contribution is 5.91. The number of para-hydroxylation sites is 1. The van der Waals surface area contributed by atoms with E-state index in [1.165, 1.54) is 16.6 Å². The minimum absolute atomic E-state index is 0.0596. The van der Waals surface area contributed by atoms with Crippen LogP contribution in [0.3, 0.4) is 0 Å². The highest BCUT2D eigenvalue weighted by Gasteiger charge is 2.23. The molecule has 8 nitrogen and oxygen atoms in total. The molecule has 0 aliphatic carbocycles. The fraction of sp³-hybridized carbons (Fsp3) is 0.450. The molecule has 1 aromatic carbocycles. The molecule has 2 aromatic heterocycles. The number of likely N-dealkylation sites (tertiary alicyclic amines) is 1. The maximum Gasteiger partial charge on any atom is 0.273 e. The van der Waals surface area contributed by atoms with E-state index in [0.29, 0.717) is 18.7 Å². The summed E-state index contributed by atoms with van der Waals surface area (Å²) in [5, 5.41) is 20.9. The first-order valence-corrected chi connectivity index (χ1v) is 9.83. The average molecular weight is 382 g/mol. The van der Waals surface area contributed by atoms with Gasteiger partial charge in [0, 0.05) is 44.0 Å². The van der Waals surface area contributed by atoms with Crippen molar-refractivity contribution in [3.05, 3.63) is 47.9 Å². The van der Waals surface area contributed by atoms with Gasteiger partial charge in [-0.25, -0.2) is 4.68 Å². The maximum absolute atomic E-state index is 12.0. The van der Waals surface area contributed by atoms with E-state index in [4.69, 9.17) is 5.11 Å². The van der Waals surface area contributed by atoms with Crippen molar-refractivity contribution >= 4 is 16.8 Å². The van der Waals surface area contributed by atoms with Gasteiger partial charge < -0.3 is 15.4 Å². The number of hydrogen-bond donors (Lipinski definition) is 3. The van der Waals surface area contributed by atoms with E-state index in [9.17, 15) is 4.79 Å². The van der Waals surface area contributed by atoms with E-state index >= 15 is 0 Å². The first-order valence-electron chi connectivity index (χ1n) is 9.83. The molecule has 1 fully saturated rings. The first kappa shape index (κ1) is 18.6. The zero-order valence-electron chi connectivity index (χ0n) is 15.8. The van der Waals surface area contributed by atoms with Crippen LogP contribution in [0.1, 0.15) is 41.5 Å². The molecule has 8 heteroatoms. The van der Waals surface area contributed by atoms with Gasteiger partial charge in [-0.3, -0.25) is 9.69 Å². The molecule has 0 radical (unpaired) electrons. The number of aliphatic hydroxyl groups excluding tert-OH is 1. The number of aromatic nitrogens is 4. The summed E-state index contributed by atoms with van der Waals surface area (Å²) in [6.07, 6.45) is 4.23. The van der Waals surface area contributed by atoms with Crippen LogP contribution in [-0.4, -0.2) is 62.1 Å². The summed E-state index contributed by atoms with van der Waals surface area (Å²) in [7, 11) is 0. The van der Waals surface area contributed by atoms with Crippen LogP contribution in [-0.2, 0) is 6.54 Å². The van der Waals surface area contributed by atoms with E-state index in [1.54, 1.807) is 6.20 Å². The molecule has 1 amide bonds. The van der Waals surface area contributed by atoms with Gasteiger partial charge in [0.1, 0.15) is 0 Å². The van der Waals surface area contributed by atoms with Crippen LogP contribution in [0.15, 0.2) is 36.5 Å². The van der Waals surface area contributed by atoms with E-state index < -0.39 is 0 Å². The number of aliphatic hydroxyl groups is 1. The monoisotopic (exact) mass is 382 g/mol. The summed E-state index contributed by atoms with van der Waals surface area (Å²) in [4.78, 5) is 18.0. The Morgan fingerprint density at radius 1 is 1.29 bits per heavy atom. The average Bonchev–Trinajstić information content (AvgIpc) is 3.35. The van der Waals surface area contributed by atoms with Gasteiger partial charge in [-0.2, -0.15) is 0 Å². The predicted molar refractivity (Wildman–Crippen MR) is 106 cm³/mol. The van der Waals surface area contributed by atoms with Crippen LogP contribution in [0.25, 0.3) is 10.9 Å². The molecule has 0 atom stereocenters. The van der Waals surface area contributed by atoms with Crippen LogP contribution in [0.5, 0.6) is 0 Å². The third kappa shape index (κ3) is 4.23. The smallest absolute Gasteiger partial charge is 0.273 e. The number of aromatic amines is 1. The lowest BCUT2D eigenvalue weighted by Crippen LogP contribution is -2.34. The molecule has 0 spiro atoms. The van der Waals surface area contributed by atoms with Gasteiger partial charge in [0.2, 0.25) is 0 Å². The third-order valence-electron chi connectivity index (χ3n) is 5.27. The number of hydrogen-bond acceptors (Lipinski definition) is 5. The van der Waals surface area contributed by atoms with Crippen LogP contribution in [0.2, 0.25) is 0 Å². The van der Waals surface area contributed by atoms with Gasteiger partial charge in [0.05, 0.1) is 12.2 Å². The van der Waals surface area contributed by atoms with Gasteiger partial charge in [-0.1, -0.05) is 23.4 Å². The fourth-order valence-corrected chi connectivity index (χ4v) is 3.73. The minimum atomic E-state index is -0.240. The minimum Gasteiger partial charge on any atom is -0.396 e. The van der Waals surface area contributed by atoms with Crippen molar-refractivity contribution in [1.82, 2.24) is 30.2 Å². The summed E-state index contributed by atoms with van der Waals surface area (Å²) >= 11 is 0. The summed E-state index contributed by atoms with van der Waals surface area (Å²) in [6, 6.07) is 10.8. The Bertz CT molecular complexity index is 893. The fourth-order valence-electron chi connectivity index (χ4n) is 3.73. The number of H-pyrrole nitrogens is 1. The molecule has 3 aromatic rings. The molecule has 0 saturated carbocycles. The number of nitrogens with zero attached hydrogens (tertiary/aromatic N) is 4. The molecule has 28 heavy (non-hydrogen) atoms. The number of nitrogens with one attached hydrogen (secondary N) is 2. The van der Waals surface area contributed by atoms with Gasteiger partial charge in [-0.05, 0) is 36.8 Å². The Morgan fingerprint density at radius 2 is 2.11 bits per heavy atom. The lowest BCUT2D eigenvalue weighted by atomic mass is 10.1. The lowest BCUT2D eigenvalue weighted by Gasteiger charge is -2.31. The zero-order chi connectivity index (χ0) is 19.3. The van der Waals surface area contributed by atoms with Crippen molar-refractivity contribution < 1.29 is 9.90 Å². The molecule has 0 bridgehead atoms. The zero-order valence-corrected chi connectivity index (χ0v) is 15.8. The summed E-state index contributed by atoms with van der Waals surface area (Å²) in [5.41, 5.74) is 2.75. The quantitative estimate of drug-likeness (QED) is 0.540. The Labute approximate surface area is 163 Å². The Hall–Kier alpha value is -2.71. The molecule has 1 aliphatic heterocycles. The largest absolute Gasteiger partial charge is 0.396 e. The Kier molecular flexibility index (Phi) is 5.68. The summed E-state index contributed by atoms with van der Waals surface area (Å²) < 4.78 is 1.82. The van der Waals surface area contributed by atoms with Crippen molar-refractivity contribution in [3.63, 3.8) is 0 Å². The molecule has 3 heterocycles. The molecule has 4 rings (SSSR count). The highest BCUT2D eigenvalue weighted by atomic mass is 16.3. The lowest BCUT2D eigenvalue weighted by molar-refractivity contribution is 0.0946. The number of benzene rings is 1. The van der Waals surface area contributed by atoms with E-state index in [1.807, 2.05) is 10.7 Å². The Morgan fingerprint density at radius 3 is 2.89 bits per heavy atom. The molecule has 1 saturated heterocycles. The van der Waals surface area contributed by atoms with Crippen LogP contribution in [0.4, 0.5) is 0 Å². The van der Waals surface area contributed by atoms with Crippen molar-refractivity contribution in [2.24, 2.45) is 0 Å². The Balaban J connectivity index is 1.30. The highest BCUT2D eigenvalue weighted by Crippen LogP contribution is 2.24.